The van der Waals surface area contributed by atoms with Crippen LogP contribution in [0.5, 0.6) is 11.5 Å². The highest BCUT2D eigenvalue weighted by molar-refractivity contribution is 6.32. The molecular formula is C15H10ClF3O2. The Morgan fingerprint density at radius 3 is 2.43 bits per heavy atom. The molecule has 0 atom stereocenters. The summed E-state index contributed by atoms with van der Waals surface area (Å²) in [6.07, 6.45) is -4.46. The van der Waals surface area contributed by atoms with E-state index in [-0.39, 0.29) is 16.6 Å². The first kappa shape index (κ1) is 15.4. The van der Waals surface area contributed by atoms with Gasteiger partial charge in [-0.2, -0.15) is 13.2 Å². The molecule has 0 saturated heterocycles. The monoisotopic (exact) mass is 314 g/mol. The molecule has 21 heavy (non-hydrogen) atoms. The fraction of sp³-hybridized carbons (Fsp3) is 0.133. The summed E-state index contributed by atoms with van der Waals surface area (Å²) < 4.78 is 43.0. The largest absolute Gasteiger partial charge is 0.456 e. The number of halogens is 4. The Morgan fingerprint density at radius 1 is 1.14 bits per heavy atom. The Bertz CT molecular complexity index is 681. The summed E-state index contributed by atoms with van der Waals surface area (Å²) in [5, 5.41) is -0.155. The van der Waals surface area contributed by atoms with Gasteiger partial charge in [-0.3, -0.25) is 4.79 Å². The lowest BCUT2D eigenvalue weighted by Crippen LogP contribution is -2.04. The van der Waals surface area contributed by atoms with E-state index in [1.54, 1.807) is 18.2 Å². The van der Waals surface area contributed by atoms with E-state index >= 15 is 0 Å². The van der Waals surface area contributed by atoms with E-state index in [1.807, 2.05) is 0 Å². The van der Waals surface area contributed by atoms with E-state index in [2.05, 4.69) is 0 Å². The van der Waals surface area contributed by atoms with Gasteiger partial charge in [0.2, 0.25) is 0 Å². The van der Waals surface area contributed by atoms with Crippen LogP contribution in [0.15, 0.2) is 42.5 Å². The summed E-state index contributed by atoms with van der Waals surface area (Å²) in [5.41, 5.74) is -0.409. The van der Waals surface area contributed by atoms with E-state index in [4.69, 9.17) is 16.3 Å². The molecule has 0 fully saturated rings. The molecule has 0 aromatic heterocycles. The molecule has 2 aromatic rings. The molecule has 2 nitrogen and oxygen atoms in total. The quantitative estimate of drug-likeness (QED) is 0.713. The number of carbonyl (C=O) groups is 1. The molecule has 0 bridgehead atoms. The van der Waals surface area contributed by atoms with Gasteiger partial charge in [0.05, 0.1) is 10.6 Å². The van der Waals surface area contributed by atoms with Crippen LogP contribution in [0.3, 0.4) is 0 Å². The van der Waals surface area contributed by atoms with Gasteiger partial charge in [0, 0.05) is 5.56 Å². The lowest BCUT2D eigenvalue weighted by atomic mass is 10.1. The van der Waals surface area contributed by atoms with Crippen LogP contribution in [0.1, 0.15) is 22.8 Å². The van der Waals surface area contributed by atoms with Gasteiger partial charge in [0.25, 0.3) is 0 Å². The molecule has 0 amide bonds. The first-order valence-corrected chi connectivity index (χ1v) is 6.31. The minimum Gasteiger partial charge on any atom is -0.456 e. The van der Waals surface area contributed by atoms with E-state index in [1.165, 1.54) is 13.0 Å². The van der Waals surface area contributed by atoms with Crippen LogP contribution >= 0.6 is 11.6 Å². The number of hydrogen-bond donors (Lipinski definition) is 0. The number of benzene rings is 2. The Morgan fingerprint density at radius 2 is 1.86 bits per heavy atom. The Hall–Kier alpha value is -2.01. The van der Waals surface area contributed by atoms with Crippen molar-refractivity contribution in [1.29, 1.82) is 0 Å². The number of rotatable bonds is 3. The van der Waals surface area contributed by atoms with Crippen LogP contribution in [-0.2, 0) is 6.18 Å². The van der Waals surface area contributed by atoms with Crippen molar-refractivity contribution in [3.63, 3.8) is 0 Å². The van der Waals surface area contributed by atoms with Crippen molar-refractivity contribution in [1.82, 2.24) is 0 Å². The van der Waals surface area contributed by atoms with Crippen LogP contribution < -0.4 is 4.74 Å². The van der Waals surface area contributed by atoms with Crippen molar-refractivity contribution >= 4 is 17.4 Å². The second-order valence-electron chi connectivity index (χ2n) is 4.33. The second-order valence-corrected chi connectivity index (χ2v) is 4.74. The van der Waals surface area contributed by atoms with Crippen LogP contribution in [0.4, 0.5) is 13.2 Å². The normalized spacial score (nSPS) is 11.3. The maximum absolute atomic E-state index is 12.5. The summed E-state index contributed by atoms with van der Waals surface area (Å²) in [5.74, 6) is 0.272. The molecular weight excluding hydrogens is 305 g/mol. The molecule has 0 heterocycles. The minimum absolute atomic E-state index is 0.0883. The Balaban J connectivity index is 2.28. The van der Waals surface area contributed by atoms with E-state index in [9.17, 15) is 18.0 Å². The summed E-state index contributed by atoms with van der Waals surface area (Å²) in [7, 11) is 0. The first-order valence-electron chi connectivity index (χ1n) is 5.93. The predicted octanol–water partition coefficient (Wildman–Crippen LogP) is 5.35. The molecule has 110 valence electrons. The van der Waals surface area contributed by atoms with Crippen LogP contribution in [-0.4, -0.2) is 5.78 Å². The van der Waals surface area contributed by atoms with Gasteiger partial charge in [-0.15, -0.1) is 0 Å². The summed E-state index contributed by atoms with van der Waals surface area (Å²) >= 11 is 5.80. The fourth-order valence-corrected chi connectivity index (χ4v) is 1.88. The highest BCUT2D eigenvalue weighted by atomic mass is 35.5. The number of ether oxygens (including phenoxy) is 1. The lowest BCUT2D eigenvalue weighted by molar-refractivity contribution is -0.137. The first-order chi connectivity index (χ1) is 9.77. The van der Waals surface area contributed by atoms with Crippen molar-refractivity contribution in [3.05, 3.63) is 58.6 Å². The van der Waals surface area contributed by atoms with Gasteiger partial charge in [-0.05, 0) is 37.3 Å². The van der Waals surface area contributed by atoms with Crippen molar-refractivity contribution in [2.24, 2.45) is 0 Å². The van der Waals surface area contributed by atoms with Crippen LogP contribution in [0.25, 0.3) is 0 Å². The van der Waals surface area contributed by atoms with Crippen molar-refractivity contribution in [2.75, 3.05) is 0 Å². The maximum atomic E-state index is 12.5. The topological polar surface area (TPSA) is 26.3 Å². The van der Waals surface area contributed by atoms with E-state index in [0.717, 1.165) is 18.2 Å². The van der Waals surface area contributed by atoms with Crippen LogP contribution in [0.2, 0.25) is 5.02 Å². The van der Waals surface area contributed by atoms with Gasteiger partial charge in [-0.1, -0.05) is 23.7 Å². The molecule has 2 aromatic carbocycles. The van der Waals surface area contributed by atoms with Gasteiger partial charge >= 0.3 is 6.18 Å². The number of alkyl halides is 3. The number of ketones is 1. The molecule has 0 radical (unpaired) electrons. The van der Waals surface area contributed by atoms with E-state index in [0.29, 0.717) is 11.3 Å². The number of Topliss-reactive ketones (excluding diaryl/α,β-unsaturated/α-hetero) is 1. The Kier molecular flexibility index (Phi) is 4.23. The SMILES string of the molecule is CC(=O)c1cccc(Oc2ccc(C(F)(F)F)cc2Cl)c1. The number of hydrogen-bond acceptors (Lipinski definition) is 2. The lowest BCUT2D eigenvalue weighted by Gasteiger charge is -2.11. The molecule has 0 unspecified atom stereocenters. The van der Waals surface area contributed by atoms with Gasteiger partial charge in [0.15, 0.2) is 5.78 Å². The molecule has 0 spiro atoms. The molecule has 0 aliphatic carbocycles. The zero-order valence-corrected chi connectivity index (χ0v) is 11.6. The smallest absolute Gasteiger partial charge is 0.416 e. The van der Waals surface area contributed by atoms with Crippen molar-refractivity contribution in [2.45, 2.75) is 13.1 Å². The highest BCUT2D eigenvalue weighted by Gasteiger charge is 2.31. The standard InChI is InChI=1S/C15H10ClF3O2/c1-9(20)10-3-2-4-12(7-10)21-14-6-5-11(8-13(14)16)15(17,18)19/h2-8H,1H3. The zero-order valence-electron chi connectivity index (χ0n) is 10.9. The highest BCUT2D eigenvalue weighted by Crippen LogP contribution is 2.36. The minimum atomic E-state index is -4.46. The van der Waals surface area contributed by atoms with Gasteiger partial charge < -0.3 is 4.74 Å². The van der Waals surface area contributed by atoms with E-state index < -0.39 is 11.7 Å². The molecule has 0 saturated carbocycles. The summed E-state index contributed by atoms with van der Waals surface area (Å²) in [6, 6.07) is 9.14. The van der Waals surface area contributed by atoms with Crippen molar-refractivity contribution < 1.29 is 22.7 Å². The third kappa shape index (κ3) is 3.76. The second kappa shape index (κ2) is 5.77. The average Bonchev–Trinajstić information content (AvgIpc) is 2.40. The third-order valence-corrected chi connectivity index (χ3v) is 3.02. The molecule has 0 aliphatic heterocycles. The van der Waals surface area contributed by atoms with Crippen molar-refractivity contribution in [3.8, 4) is 11.5 Å². The van der Waals surface area contributed by atoms with Crippen LogP contribution in [0, 0.1) is 0 Å². The molecule has 0 N–H and O–H groups in total. The maximum Gasteiger partial charge on any atom is 0.416 e. The average molecular weight is 315 g/mol. The summed E-state index contributed by atoms with van der Waals surface area (Å²) in [6.45, 7) is 1.41. The molecule has 2 rings (SSSR count). The predicted molar refractivity (Wildman–Crippen MR) is 73.0 cm³/mol. The molecule has 0 aliphatic rings. The van der Waals surface area contributed by atoms with Gasteiger partial charge in [-0.25, -0.2) is 0 Å². The number of carbonyl (C=O) groups excluding carboxylic acids is 1. The Labute approximate surface area is 124 Å². The third-order valence-electron chi connectivity index (χ3n) is 2.73. The molecule has 6 heteroatoms. The van der Waals surface area contributed by atoms with Gasteiger partial charge in [0.1, 0.15) is 11.5 Å². The fourth-order valence-electron chi connectivity index (χ4n) is 1.67. The summed E-state index contributed by atoms with van der Waals surface area (Å²) in [4.78, 5) is 11.3. The zero-order chi connectivity index (χ0) is 15.6.